The van der Waals surface area contributed by atoms with Crippen molar-refractivity contribution in [1.29, 1.82) is 0 Å². The third kappa shape index (κ3) is 4.07. The van der Waals surface area contributed by atoms with Crippen molar-refractivity contribution in [2.24, 2.45) is 0 Å². The van der Waals surface area contributed by atoms with Crippen molar-refractivity contribution in [3.63, 3.8) is 0 Å². The first kappa shape index (κ1) is 15.6. The minimum Gasteiger partial charge on any atom is -0.467 e. The van der Waals surface area contributed by atoms with Gasteiger partial charge in [0.1, 0.15) is 11.8 Å². The van der Waals surface area contributed by atoms with Gasteiger partial charge in [0.15, 0.2) is 0 Å². The van der Waals surface area contributed by atoms with Crippen LogP contribution in [0.4, 0.5) is 0 Å². The van der Waals surface area contributed by atoms with E-state index in [0.29, 0.717) is 12.4 Å². The summed E-state index contributed by atoms with van der Waals surface area (Å²) in [5, 5.41) is 2.87. The van der Waals surface area contributed by atoms with Crippen LogP contribution in [0.15, 0.2) is 22.8 Å². The number of furan rings is 1. The second-order valence-corrected chi connectivity index (χ2v) is 5.19. The summed E-state index contributed by atoms with van der Waals surface area (Å²) >= 11 is 0. The number of likely N-dealkylation sites (tertiary alicyclic amines) is 1. The standard InChI is InChI=1S/C15H22N2O4/c1-3-20-15(19)12-6-4-8-17(12)10-14(18)16-11(2)13-7-5-9-21-13/h5,7,9,11-12H,3-4,6,8,10H2,1-2H3,(H,16,18). The van der Waals surface area contributed by atoms with Crippen molar-refractivity contribution in [3.8, 4) is 0 Å². The third-order valence-electron chi connectivity index (χ3n) is 3.62. The van der Waals surface area contributed by atoms with E-state index in [9.17, 15) is 9.59 Å². The predicted molar refractivity (Wildman–Crippen MR) is 76.5 cm³/mol. The van der Waals surface area contributed by atoms with Gasteiger partial charge >= 0.3 is 5.97 Å². The molecular weight excluding hydrogens is 272 g/mol. The van der Waals surface area contributed by atoms with Crippen molar-refractivity contribution in [3.05, 3.63) is 24.2 Å². The van der Waals surface area contributed by atoms with Crippen LogP contribution in [0.2, 0.25) is 0 Å². The molecule has 0 aromatic carbocycles. The Balaban J connectivity index is 1.85. The molecule has 2 rings (SSSR count). The smallest absolute Gasteiger partial charge is 0.323 e. The quantitative estimate of drug-likeness (QED) is 0.805. The summed E-state index contributed by atoms with van der Waals surface area (Å²) in [6.45, 7) is 4.96. The highest BCUT2D eigenvalue weighted by atomic mass is 16.5. The van der Waals surface area contributed by atoms with Crippen LogP contribution in [0.1, 0.15) is 38.5 Å². The van der Waals surface area contributed by atoms with E-state index in [1.807, 2.05) is 17.9 Å². The minimum atomic E-state index is -0.297. The third-order valence-corrected chi connectivity index (χ3v) is 3.62. The molecule has 1 aliphatic heterocycles. The fraction of sp³-hybridized carbons (Fsp3) is 0.600. The molecule has 0 aliphatic carbocycles. The molecule has 1 aromatic heterocycles. The number of carbonyl (C=O) groups excluding carboxylic acids is 2. The maximum Gasteiger partial charge on any atom is 0.323 e. The summed E-state index contributed by atoms with van der Waals surface area (Å²) in [5.74, 6) is 0.365. The van der Waals surface area contributed by atoms with Gasteiger partial charge in [-0.05, 0) is 45.4 Å². The van der Waals surface area contributed by atoms with Gasteiger partial charge in [0.2, 0.25) is 5.91 Å². The number of nitrogens with zero attached hydrogens (tertiary/aromatic N) is 1. The number of hydrogen-bond acceptors (Lipinski definition) is 5. The van der Waals surface area contributed by atoms with E-state index in [1.54, 1.807) is 19.3 Å². The van der Waals surface area contributed by atoms with E-state index in [4.69, 9.17) is 9.15 Å². The maximum atomic E-state index is 12.1. The van der Waals surface area contributed by atoms with Crippen molar-refractivity contribution >= 4 is 11.9 Å². The molecule has 2 atom stereocenters. The summed E-state index contributed by atoms with van der Waals surface area (Å²) in [5.41, 5.74) is 0. The van der Waals surface area contributed by atoms with Crippen molar-refractivity contribution in [2.45, 2.75) is 38.8 Å². The number of nitrogens with one attached hydrogen (secondary N) is 1. The average Bonchev–Trinajstić information content (AvgIpc) is 3.09. The molecule has 1 fully saturated rings. The number of esters is 1. The van der Waals surface area contributed by atoms with Crippen LogP contribution in [0.5, 0.6) is 0 Å². The molecule has 2 unspecified atom stereocenters. The fourth-order valence-corrected chi connectivity index (χ4v) is 2.60. The molecule has 6 nitrogen and oxygen atoms in total. The lowest BCUT2D eigenvalue weighted by Crippen LogP contribution is -2.44. The molecule has 0 bridgehead atoms. The van der Waals surface area contributed by atoms with Gasteiger partial charge in [-0.3, -0.25) is 14.5 Å². The molecule has 1 saturated heterocycles. The van der Waals surface area contributed by atoms with Gasteiger partial charge < -0.3 is 14.5 Å². The van der Waals surface area contributed by atoms with E-state index in [2.05, 4.69) is 5.32 Å². The van der Waals surface area contributed by atoms with Gasteiger partial charge in [0.05, 0.1) is 25.5 Å². The van der Waals surface area contributed by atoms with Gasteiger partial charge in [0.25, 0.3) is 0 Å². The van der Waals surface area contributed by atoms with Crippen molar-refractivity contribution in [1.82, 2.24) is 10.2 Å². The Hall–Kier alpha value is -1.82. The van der Waals surface area contributed by atoms with Crippen molar-refractivity contribution in [2.75, 3.05) is 19.7 Å². The molecule has 1 N–H and O–H groups in total. The average molecular weight is 294 g/mol. The first-order valence-electron chi connectivity index (χ1n) is 7.35. The summed E-state index contributed by atoms with van der Waals surface area (Å²) in [7, 11) is 0. The van der Waals surface area contributed by atoms with Crippen LogP contribution >= 0.6 is 0 Å². The first-order chi connectivity index (χ1) is 10.1. The lowest BCUT2D eigenvalue weighted by molar-refractivity contribution is -0.148. The van der Waals surface area contributed by atoms with Crippen LogP contribution in [-0.2, 0) is 14.3 Å². The lowest BCUT2D eigenvalue weighted by atomic mass is 10.2. The Morgan fingerprint density at radius 2 is 2.38 bits per heavy atom. The van der Waals surface area contributed by atoms with Gasteiger partial charge in [-0.1, -0.05) is 0 Å². The van der Waals surface area contributed by atoms with Crippen LogP contribution < -0.4 is 5.32 Å². The summed E-state index contributed by atoms with van der Waals surface area (Å²) < 4.78 is 10.3. The van der Waals surface area contributed by atoms with Gasteiger partial charge in [-0.2, -0.15) is 0 Å². The van der Waals surface area contributed by atoms with Gasteiger partial charge in [-0.25, -0.2) is 0 Å². The second-order valence-electron chi connectivity index (χ2n) is 5.19. The topological polar surface area (TPSA) is 71.8 Å². The van der Waals surface area contributed by atoms with E-state index in [0.717, 1.165) is 19.4 Å². The number of rotatable bonds is 6. The molecular formula is C15H22N2O4. The van der Waals surface area contributed by atoms with E-state index >= 15 is 0 Å². The molecule has 1 amide bonds. The second kappa shape index (κ2) is 7.26. The Morgan fingerprint density at radius 1 is 1.57 bits per heavy atom. The number of carbonyl (C=O) groups is 2. The summed E-state index contributed by atoms with van der Waals surface area (Å²) in [4.78, 5) is 25.8. The Morgan fingerprint density at radius 3 is 3.05 bits per heavy atom. The first-order valence-corrected chi connectivity index (χ1v) is 7.35. The molecule has 2 heterocycles. The zero-order valence-electron chi connectivity index (χ0n) is 12.5. The van der Waals surface area contributed by atoms with Crippen LogP contribution in [0, 0.1) is 0 Å². The lowest BCUT2D eigenvalue weighted by Gasteiger charge is -2.23. The van der Waals surface area contributed by atoms with Crippen LogP contribution in [0.3, 0.4) is 0 Å². The van der Waals surface area contributed by atoms with E-state index in [1.165, 1.54) is 0 Å². The van der Waals surface area contributed by atoms with Crippen molar-refractivity contribution < 1.29 is 18.7 Å². The van der Waals surface area contributed by atoms with E-state index < -0.39 is 0 Å². The SMILES string of the molecule is CCOC(=O)C1CCCN1CC(=O)NC(C)c1ccco1. The van der Waals surface area contributed by atoms with Gasteiger partial charge in [0, 0.05) is 0 Å². The minimum absolute atomic E-state index is 0.116. The predicted octanol–water partition coefficient (Wildman–Crippen LogP) is 1.48. The van der Waals surface area contributed by atoms with E-state index in [-0.39, 0.29) is 30.5 Å². The summed E-state index contributed by atoms with van der Waals surface area (Å²) in [6.07, 6.45) is 3.24. The highest BCUT2D eigenvalue weighted by molar-refractivity contribution is 5.81. The Kier molecular flexibility index (Phi) is 5.38. The maximum absolute atomic E-state index is 12.1. The Labute approximate surface area is 124 Å². The zero-order valence-corrected chi connectivity index (χ0v) is 12.5. The molecule has 1 aromatic rings. The highest BCUT2D eigenvalue weighted by Gasteiger charge is 2.33. The molecule has 0 radical (unpaired) electrons. The molecule has 116 valence electrons. The Bertz CT molecular complexity index is 472. The number of hydrogen-bond donors (Lipinski definition) is 1. The fourth-order valence-electron chi connectivity index (χ4n) is 2.60. The number of amides is 1. The van der Waals surface area contributed by atoms with Crippen LogP contribution in [0.25, 0.3) is 0 Å². The highest BCUT2D eigenvalue weighted by Crippen LogP contribution is 2.18. The molecule has 0 saturated carbocycles. The molecule has 21 heavy (non-hydrogen) atoms. The number of ether oxygens (including phenoxy) is 1. The van der Waals surface area contributed by atoms with Gasteiger partial charge in [-0.15, -0.1) is 0 Å². The molecule has 1 aliphatic rings. The molecule has 6 heteroatoms. The zero-order chi connectivity index (χ0) is 15.2. The summed E-state index contributed by atoms with van der Waals surface area (Å²) in [6, 6.07) is 3.13. The van der Waals surface area contributed by atoms with Crippen LogP contribution in [-0.4, -0.2) is 42.5 Å². The monoisotopic (exact) mass is 294 g/mol. The largest absolute Gasteiger partial charge is 0.467 e. The normalized spacial score (nSPS) is 20.2. The molecule has 0 spiro atoms.